The molecule has 0 aromatic heterocycles. The number of aliphatic carboxylic acids is 1. The van der Waals surface area contributed by atoms with Crippen LogP contribution < -0.4 is 0 Å². The van der Waals surface area contributed by atoms with Gasteiger partial charge < -0.3 is 14.7 Å². The van der Waals surface area contributed by atoms with Crippen LogP contribution in [0.25, 0.3) is 0 Å². The lowest BCUT2D eigenvalue weighted by Gasteiger charge is -2.27. The lowest BCUT2D eigenvalue weighted by atomic mass is 9.94. The molecule has 0 heterocycles. The highest BCUT2D eigenvalue weighted by atomic mass is 16.5. The Hall–Kier alpha value is -1.88. The largest absolute Gasteiger partial charge is 0.481 e. The van der Waals surface area contributed by atoms with Gasteiger partial charge in [-0.2, -0.15) is 0 Å². The van der Waals surface area contributed by atoms with Gasteiger partial charge in [0, 0.05) is 26.1 Å². The molecule has 1 amide bonds. The minimum absolute atomic E-state index is 0.161. The van der Waals surface area contributed by atoms with Crippen LogP contribution in [0.2, 0.25) is 0 Å². The van der Waals surface area contributed by atoms with Gasteiger partial charge in [-0.25, -0.2) is 0 Å². The summed E-state index contributed by atoms with van der Waals surface area (Å²) >= 11 is 0. The molecule has 2 atom stereocenters. The van der Waals surface area contributed by atoms with E-state index in [4.69, 9.17) is 9.84 Å². The van der Waals surface area contributed by atoms with Crippen molar-refractivity contribution in [2.45, 2.75) is 20.4 Å². The van der Waals surface area contributed by atoms with Crippen LogP contribution in [0.4, 0.5) is 0 Å². The molecule has 0 aliphatic rings. The number of methoxy groups -OCH3 is 1. The van der Waals surface area contributed by atoms with E-state index in [9.17, 15) is 9.59 Å². The van der Waals surface area contributed by atoms with Gasteiger partial charge in [-0.1, -0.05) is 44.2 Å². The summed E-state index contributed by atoms with van der Waals surface area (Å²) in [5.41, 5.74) is 1.01. The predicted molar refractivity (Wildman–Crippen MR) is 79.7 cm³/mol. The van der Waals surface area contributed by atoms with E-state index in [1.54, 1.807) is 25.9 Å². The molecule has 116 valence electrons. The Morgan fingerprint density at radius 2 is 1.81 bits per heavy atom. The van der Waals surface area contributed by atoms with Crippen LogP contribution in [0.3, 0.4) is 0 Å². The molecule has 0 aliphatic heterocycles. The number of hydrogen-bond donors (Lipinski definition) is 1. The number of carboxylic acid groups (broad SMARTS) is 1. The van der Waals surface area contributed by atoms with Crippen molar-refractivity contribution in [3.05, 3.63) is 35.9 Å². The van der Waals surface area contributed by atoms with Gasteiger partial charge >= 0.3 is 5.97 Å². The Morgan fingerprint density at radius 3 is 2.33 bits per heavy atom. The van der Waals surface area contributed by atoms with E-state index < -0.39 is 17.8 Å². The summed E-state index contributed by atoms with van der Waals surface area (Å²) in [7, 11) is 1.58. The Labute approximate surface area is 125 Å². The molecule has 21 heavy (non-hydrogen) atoms. The van der Waals surface area contributed by atoms with Crippen molar-refractivity contribution in [1.82, 2.24) is 4.90 Å². The molecule has 0 fully saturated rings. The zero-order valence-electron chi connectivity index (χ0n) is 12.8. The normalized spacial score (nSPS) is 13.5. The average molecular weight is 293 g/mol. The zero-order valence-corrected chi connectivity index (χ0v) is 12.8. The molecule has 1 rings (SSSR count). The maximum Gasteiger partial charge on any atom is 0.307 e. The third-order valence-corrected chi connectivity index (χ3v) is 3.62. The van der Waals surface area contributed by atoms with Crippen LogP contribution in [0, 0.1) is 11.8 Å². The second kappa shape index (κ2) is 8.42. The van der Waals surface area contributed by atoms with Crippen LogP contribution in [0.1, 0.15) is 19.4 Å². The van der Waals surface area contributed by atoms with Crippen molar-refractivity contribution in [1.29, 1.82) is 0 Å². The zero-order chi connectivity index (χ0) is 15.8. The van der Waals surface area contributed by atoms with Gasteiger partial charge in [-0.15, -0.1) is 0 Å². The first kappa shape index (κ1) is 17.2. The Balaban J connectivity index is 2.81. The summed E-state index contributed by atoms with van der Waals surface area (Å²) in [4.78, 5) is 25.2. The predicted octanol–water partition coefficient (Wildman–Crippen LogP) is 2.02. The van der Waals surface area contributed by atoms with Crippen molar-refractivity contribution in [3.63, 3.8) is 0 Å². The third kappa shape index (κ3) is 5.19. The maximum atomic E-state index is 12.5. The molecule has 1 aromatic carbocycles. The molecular formula is C16H23NO4. The molecule has 0 saturated carbocycles. The molecule has 2 unspecified atom stereocenters. The van der Waals surface area contributed by atoms with Gasteiger partial charge in [0.15, 0.2) is 0 Å². The second-order valence-corrected chi connectivity index (χ2v) is 5.15. The van der Waals surface area contributed by atoms with Crippen molar-refractivity contribution >= 4 is 11.9 Å². The van der Waals surface area contributed by atoms with E-state index in [-0.39, 0.29) is 5.91 Å². The molecule has 5 nitrogen and oxygen atoms in total. The maximum absolute atomic E-state index is 12.5. The quantitative estimate of drug-likeness (QED) is 0.796. The van der Waals surface area contributed by atoms with Gasteiger partial charge in [0.1, 0.15) is 0 Å². The summed E-state index contributed by atoms with van der Waals surface area (Å²) in [6.45, 7) is 4.54. The highest BCUT2D eigenvalue weighted by Crippen LogP contribution is 2.16. The number of rotatable bonds is 8. The fourth-order valence-electron chi connectivity index (χ4n) is 1.99. The fourth-order valence-corrected chi connectivity index (χ4v) is 1.99. The van der Waals surface area contributed by atoms with Crippen LogP contribution in [0.15, 0.2) is 30.3 Å². The first-order valence-electron chi connectivity index (χ1n) is 7.01. The number of hydrogen-bond acceptors (Lipinski definition) is 3. The lowest BCUT2D eigenvalue weighted by Crippen LogP contribution is -2.40. The number of benzene rings is 1. The highest BCUT2D eigenvalue weighted by molar-refractivity contribution is 5.84. The number of carbonyl (C=O) groups excluding carboxylic acids is 1. The summed E-state index contributed by atoms with van der Waals surface area (Å²) in [6.07, 6.45) is 0. The standard InChI is InChI=1S/C16H23NO4/c1-12(13(2)16(19)20)15(18)17(9-10-21-3)11-14-7-5-4-6-8-14/h4-8,12-13H,9-11H2,1-3H3,(H,19,20). The van der Waals surface area contributed by atoms with Gasteiger partial charge in [-0.3, -0.25) is 9.59 Å². The van der Waals surface area contributed by atoms with Crippen LogP contribution in [-0.4, -0.2) is 42.1 Å². The third-order valence-electron chi connectivity index (χ3n) is 3.62. The van der Waals surface area contributed by atoms with Gasteiger partial charge in [-0.05, 0) is 5.56 Å². The molecule has 1 aromatic rings. The van der Waals surface area contributed by atoms with Crippen LogP contribution >= 0.6 is 0 Å². The molecular weight excluding hydrogens is 270 g/mol. The summed E-state index contributed by atoms with van der Waals surface area (Å²) in [6, 6.07) is 9.63. The number of carbonyl (C=O) groups is 2. The van der Waals surface area contributed by atoms with E-state index in [0.29, 0.717) is 19.7 Å². The summed E-state index contributed by atoms with van der Waals surface area (Å²) in [5.74, 6) is -2.39. The minimum atomic E-state index is -0.956. The van der Waals surface area contributed by atoms with Gasteiger partial charge in [0.05, 0.1) is 12.5 Å². The first-order chi connectivity index (χ1) is 9.97. The average Bonchev–Trinajstić information content (AvgIpc) is 2.50. The topological polar surface area (TPSA) is 66.8 Å². The van der Waals surface area contributed by atoms with Crippen LogP contribution in [0.5, 0.6) is 0 Å². The number of nitrogens with zero attached hydrogens (tertiary/aromatic N) is 1. The molecule has 0 spiro atoms. The molecule has 0 aliphatic carbocycles. The van der Waals surface area contributed by atoms with Gasteiger partial charge in [0.25, 0.3) is 0 Å². The summed E-state index contributed by atoms with van der Waals surface area (Å²) < 4.78 is 5.04. The van der Waals surface area contributed by atoms with E-state index in [1.807, 2.05) is 30.3 Å². The minimum Gasteiger partial charge on any atom is -0.481 e. The van der Waals surface area contributed by atoms with E-state index in [2.05, 4.69) is 0 Å². The Kier molecular flexibility index (Phi) is 6.88. The van der Waals surface area contributed by atoms with Crippen molar-refractivity contribution in [3.8, 4) is 0 Å². The lowest BCUT2D eigenvalue weighted by molar-refractivity contribution is -0.149. The summed E-state index contributed by atoms with van der Waals surface area (Å²) in [5, 5.41) is 9.05. The van der Waals surface area contributed by atoms with E-state index >= 15 is 0 Å². The van der Waals surface area contributed by atoms with Crippen molar-refractivity contribution in [2.75, 3.05) is 20.3 Å². The Morgan fingerprint density at radius 1 is 1.19 bits per heavy atom. The number of carboxylic acids is 1. The Bertz CT molecular complexity index is 461. The second-order valence-electron chi connectivity index (χ2n) is 5.15. The molecule has 0 radical (unpaired) electrons. The highest BCUT2D eigenvalue weighted by Gasteiger charge is 2.29. The smallest absolute Gasteiger partial charge is 0.307 e. The van der Waals surface area contributed by atoms with Gasteiger partial charge in [0.2, 0.25) is 5.91 Å². The SMILES string of the molecule is COCCN(Cc1ccccc1)C(=O)C(C)C(C)C(=O)O. The van der Waals surface area contributed by atoms with E-state index in [1.165, 1.54) is 0 Å². The molecule has 1 N–H and O–H groups in total. The number of amides is 1. The fraction of sp³-hybridized carbons (Fsp3) is 0.500. The van der Waals surface area contributed by atoms with Crippen molar-refractivity contribution < 1.29 is 19.4 Å². The monoisotopic (exact) mass is 293 g/mol. The first-order valence-corrected chi connectivity index (χ1v) is 7.01. The molecule has 0 bridgehead atoms. The molecule has 5 heteroatoms. The number of ether oxygens (including phenoxy) is 1. The van der Waals surface area contributed by atoms with E-state index in [0.717, 1.165) is 5.56 Å². The van der Waals surface area contributed by atoms with Crippen LogP contribution in [-0.2, 0) is 20.9 Å². The van der Waals surface area contributed by atoms with Crippen molar-refractivity contribution in [2.24, 2.45) is 11.8 Å². The molecule has 0 saturated heterocycles.